The number of hydrogen-bond acceptors (Lipinski definition) is 4. The average Bonchev–Trinajstić information content (AvgIpc) is 3.08. The molecule has 0 unspecified atom stereocenters. The zero-order valence-electron chi connectivity index (χ0n) is 9.17. The van der Waals surface area contributed by atoms with E-state index in [4.69, 9.17) is 11.0 Å². The molecule has 0 amide bonds. The monoisotopic (exact) mass is 225 g/mol. The van der Waals surface area contributed by atoms with Crippen LogP contribution in [0, 0.1) is 11.3 Å². The lowest BCUT2D eigenvalue weighted by Gasteiger charge is -2.03. The van der Waals surface area contributed by atoms with Crippen LogP contribution in [0.25, 0.3) is 5.82 Å². The van der Waals surface area contributed by atoms with Crippen LogP contribution in [0.1, 0.15) is 30.0 Å². The summed E-state index contributed by atoms with van der Waals surface area (Å²) in [6, 6.07) is 5.68. The molecule has 1 fully saturated rings. The molecule has 2 aromatic rings. The van der Waals surface area contributed by atoms with Crippen LogP contribution in [0.5, 0.6) is 0 Å². The topological polar surface area (TPSA) is 80.5 Å². The van der Waals surface area contributed by atoms with Gasteiger partial charge in [0.1, 0.15) is 6.07 Å². The first-order chi connectivity index (χ1) is 8.28. The van der Waals surface area contributed by atoms with Gasteiger partial charge in [0.25, 0.3) is 0 Å². The van der Waals surface area contributed by atoms with Gasteiger partial charge >= 0.3 is 0 Å². The molecular weight excluding hydrogens is 214 g/mol. The van der Waals surface area contributed by atoms with E-state index in [0.717, 1.165) is 5.69 Å². The van der Waals surface area contributed by atoms with Crippen molar-refractivity contribution in [3.8, 4) is 11.9 Å². The van der Waals surface area contributed by atoms with Crippen molar-refractivity contribution in [2.24, 2.45) is 0 Å². The first-order valence-corrected chi connectivity index (χ1v) is 5.49. The van der Waals surface area contributed by atoms with E-state index in [-0.39, 0.29) is 0 Å². The van der Waals surface area contributed by atoms with Gasteiger partial charge in [-0.2, -0.15) is 10.4 Å². The van der Waals surface area contributed by atoms with E-state index >= 15 is 0 Å². The number of hydrogen-bond donors (Lipinski definition) is 1. The van der Waals surface area contributed by atoms with E-state index in [1.165, 1.54) is 19.0 Å². The lowest BCUT2D eigenvalue weighted by molar-refractivity contribution is 0.810. The first kappa shape index (κ1) is 9.85. The summed E-state index contributed by atoms with van der Waals surface area (Å²) >= 11 is 0. The zero-order chi connectivity index (χ0) is 11.8. The van der Waals surface area contributed by atoms with Gasteiger partial charge in [-0.1, -0.05) is 0 Å². The minimum atomic E-state index is 0.440. The van der Waals surface area contributed by atoms with Gasteiger partial charge in [0.05, 0.1) is 23.1 Å². The van der Waals surface area contributed by atoms with Gasteiger partial charge in [-0.3, -0.25) is 0 Å². The van der Waals surface area contributed by atoms with Gasteiger partial charge in [-0.05, 0) is 25.0 Å². The summed E-state index contributed by atoms with van der Waals surface area (Å²) in [7, 11) is 0. The molecule has 1 aliphatic carbocycles. The Balaban J connectivity index is 2.04. The molecule has 0 spiro atoms. The highest BCUT2D eigenvalue weighted by molar-refractivity contribution is 5.51. The molecule has 84 valence electrons. The Hall–Kier alpha value is -2.35. The minimum absolute atomic E-state index is 0.440. The van der Waals surface area contributed by atoms with Crippen LogP contribution in [-0.4, -0.2) is 14.8 Å². The molecule has 5 nitrogen and oxygen atoms in total. The van der Waals surface area contributed by atoms with Crippen LogP contribution in [0.3, 0.4) is 0 Å². The lowest BCUT2D eigenvalue weighted by atomic mass is 10.2. The maximum Gasteiger partial charge on any atom is 0.171 e. The SMILES string of the molecule is N#Cc1cc(N)cnc1-n1ccc(C2CC2)n1. The predicted molar refractivity (Wildman–Crippen MR) is 62.5 cm³/mol. The Bertz CT molecular complexity index is 604. The van der Waals surface area contributed by atoms with Crippen molar-refractivity contribution in [1.29, 1.82) is 5.26 Å². The van der Waals surface area contributed by atoms with Crippen molar-refractivity contribution in [2.45, 2.75) is 18.8 Å². The summed E-state index contributed by atoms with van der Waals surface area (Å²) < 4.78 is 1.64. The van der Waals surface area contributed by atoms with Crippen LogP contribution in [0.15, 0.2) is 24.5 Å². The number of rotatable bonds is 2. The van der Waals surface area contributed by atoms with Crippen molar-refractivity contribution in [2.75, 3.05) is 5.73 Å². The van der Waals surface area contributed by atoms with Crippen LogP contribution in [0.2, 0.25) is 0 Å². The molecule has 0 bridgehead atoms. The Morgan fingerprint density at radius 2 is 2.29 bits per heavy atom. The molecule has 0 radical (unpaired) electrons. The van der Waals surface area contributed by atoms with Crippen molar-refractivity contribution in [3.63, 3.8) is 0 Å². The average molecular weight is 225 g/mol. The molecule has 2 aromatic heterocycles. The number of anilines is 1. The third-order valence-electron chi connectivity index (χ3n) is 2.83. The molecule has 5 heteroatoms. The summed E-state index contributed by atoms with van der Waals surface area (Å²) in [6.07, 6.45) is 5.79. The van der Waals surface area contributed by atoms with Crippen molar-refractivity contribution < 1.29 is 0 Å². The van der Waals surface area contributed by atoms with Crippen molar-refractivity contribution in [3.05, 3.63) is 35.8 Å². The van der Waals surface area contributed by atoms with Gasteiger partial charge in [-0.25, -0.2) is 9.67 Å². The molecule has 0 aliphatic heterocycles. The number of nitrogen functional groups attached to an aromatic ring is 1. The highest BCUT2D eigenvalue weighted by atomic mass is 15.3. The summed E-state index contributed by atoms with van der Waals surface area (Å²) in [5.74, 6) is 1.13. The smallest absolute Gasteiger partial charge is 0.171 e. The Labute approximate surface area is 98.5 Å². The zero-order valence-corrected chi connectivity index (χ0v) is 9.17. The van der Waals surface area contributed by atoms with E-state index in [2.05, 4.69) is 16.2 Å². The molecule has 0 aromatic carbocycles. The molecule has 2 N–H and O–H groups in total. The van der Waals surface area contributed by atoms with Crippen LogP contribution < -0.4 is 5.73 Å². The second-order valence-corrected chi connectivity index (χ2v) is 4.21. The largest absolute Gasteiger partial charge is 0.397 e. The van der Waals surface area contributed by atoms with E-state index in [0.29, 0.717) is 23.0 Å². The Morgan fingerprint density at radius 1 is 1.47 bits per heavy atom. The minimum Gasteiger partial charge on any atom is -0.397 e. The standard InChI is InChI=1S/C12H11N5/c13-6-9-5-10(14)7-15-12(9)17-4-3-11(16-17)8-1-2-8/h3-5,7-8H,1-2,14H2. The molecule has 1 saturated carbocycles. The Kier molecular flexibility index (Phi) is 2.08. The maximum absolute atomic E-state index is 9.05. The number of pyridine rings is 1. The Morgan fingerprint density at radius 3 is 3.00 bits per heavy atom. The van der Waals surface area contributed by atoms with Crippen LogP contribution >= 0.6 is 0 Å². The highest BCUT2D eigenvalue weighted by Crippen LogP contribution is 2.39. The molecule has 0 saturated heterocycles. The molecular formula is C12H11N5. The quantitative estimate of drug-likeness (QED) is 0.841. The van der Waals surface area contributed by atoms with E-state index in [9.17, 15) is 0 Å². The van der Waals surface area contributed by atoms with Crippen molar-refractivity contribution >= 4 is 5.69 Å². The number of nitrogens with zero attached hydrogens (tertiary/aromatic N) is 4. The summed E-state index contributed by atoms with van der Waals surface area (Å²) in [4.78, 5) is 4.17. The third kappa shape index (κ3) is 1.74. The predicted octanol–water partition coefficient (Wildman–Crippen LogP) is 1.60. The first-order valence-electron chi connectivity index (χ1n) is 5.49. The molecule has 3 rings (SSSR count). The lowest BCUT2D eigenvalue weighted by Crippen LogP contribution is -2.03. The summed E-state index contributed by atoms with van der Waals surface area (Å²) in [5, 5.41) is 13.5. The molecule has 1 aliphatic rings. The van der Waals surface area contributed by atoms with Crippen LogP contribution in [-0.2, 0) is 0 Å². The number of nitriles is 1. The van der Waals surface area contributed by atoms with E-state index in [1.807, 2.05) is 12.3 Å². The molecule has 2 heterocycles. The van der Waals surface area contributed by atoms with Gasteiger partial charge < -0.3 is 5.73 Å². The maximum atomic E-state index is 9.05. The number of nitrogens with two attached hydrogens (primary N) is 1. The normalized spacial score (nSPS) is 14.5. The second kappa shape index (κ2) is 3.59. The van der Waals surface area contributed by atoms with Crippen LogP contribution in [0.4, 0.5) is 5.69 Å². The second-order valence-electron chi connectivity index (χ2n) is 4.21. The summed E-state index contributed by atoms with van der Waals surface area (Å²) in [5.41, 5.74) is 7.60. The summed E-state index contributed by atoms with van der Waals surface area (Å²) in [6.45, 7) is 0. The highest BCUT2D eigenvalue weighted by Gasteiger charge is 2.26. The van der Waals surface area contributed by atoms with Gasteiger partial charge in [0.15, 0.2) is 5.82 Å². The van der Waals surface area contributed by atoms with Gasteiger partial charge in [-0.15, -0.1) is 0 Å². The van der Waals surface area contributed by atoms with E-state index in [1.54, 1.807) is 10.7 Å². The van der Waals surface area contributed by atoms with Crippen molar-refractivity contribution in [1.82, 2.24) is 14.8 Å². The fourth-order valence-electron chi connectivity index (χ4n) is 1.79. The van der Waals surface area contributed by atoms with Gasteiger partial charge in [0.2, 0.25) is 0 Å². The number of aromatic nitrogens is 3. The third-order valence-corrected chi connectivity index (χ3v) is 2.83. The van der Waals surface area contributed by atoms with E-state index < -0.39 is 0 Å². The fraction of sp³-hybridized carbons (Fsp3) is 0.250. The fourth-order valence-corrected chi connectivity index (χ4v) is 1.79. The molecule has 0 atom stereocenters. The molecule has 17 heavy (non-hydrogen) atoms. The van der Waals surface area contributed by atoms with Gasteiger partial charge in [0, 0.05) is 12.1 Å².